The van der Waals surface area contributed by atoms with Crippen LogP contribution in [0.1, 0.15) is 38.9 Å². The minimum atomic E-state index is -0.419. The summed E-state index contributed by atoms with van der Waals surface area (Å²) in [5.41, 5.74) is 22.3. The molecule has 11 rings (SSSR count). The van der Waals surface area contributed by atoms with E-state index < -0.39 is 5.41 Å². The second-order valence-electron chi connectivity index (χ2n) is 14.8. The van der Waals surface area contributed by atoms with Gasteiger partial charge >= 0.3 is 0 Å². The second kappa shape index (κ2) is 14.2. The standard InChI is InChI=1S/C34H23NO.C20H17N/c35-20-21-13-15-22(16-14-21)23-17-18-26-30(19-23)34(32-27-9-3-6-12-31(27)36-33(26)32)28-10-4-1-7-24(28)25-8-2-5-11-29(25)34;1-21-20(15-14-16-8-3-2-4-9-16)19-13-7-11-17-10-5-6-12-18(17)19/h1-19H,20,35H2;2-13,15H,1,14H2/b;20-15-. The van der Waals surface area contributed by atoms with E-state index in [9.17, 15) is 0 Å². The van der Waals surface area contributed by atoms with Crippen molar-refractivity contribution in [2.24, 2.45) is 10.7 Å². The first kappa shape index (κ1) is 34.4. The highest BCUT2D eigenvalue weighted by Gasteiger charge is 2.54. The third kappa shape index (κ3) is 5.58. The third-order valence-electron chi connectivity index (χ3n) is 11.7. The van der Waals surface area contributed by atoms with Crippen molar-refractivity contribution < 1.29 is 4.42 Å². The molecule has 0 saturated heterocycles. The second-order valence-corrected chi connectivity index (χ2v) is 14.8. The molecule has 3 nitrogen and oxygen atoms in total. The van der Waals surface area contributed by atoms with E-state index in [1.807, 2.05) is 6.07 Å². The Hall–Kier alpha value is -7.07. The van der Waals surface area contributed by atoms with E-state index in [4.69, 9.17) is 10.2 Å². The number of benzene rings is 8. The van der Waals surface area contributed by atoms with Gasteiger partial charge in [0.15, 0.2) is 0 Å². The van der Waals surface area contributed by atoms with Gasteiger partial charge in [-0.3, -0.25) is 4.99 Å². The topological polar surface area (TPSA) is 51.5 Å². The number of hydrogen-bond acceptors (Lipinski definition) is 3. The van der Waals surface area contributed by atoms with Crippen molar-refractivity contribution >= 4 is 34.2 Å². The van der Waals surface area contributed by atoms with Crippen molar-refractivity contribution in [3.63, 3.8) is 0 Å². The van der Waals surface area contributed by atoms with Crippen molar-refractivity contribution in [3.05, 3.63) is 233 Å². The quantitative estimate of drug-likeness (QED) is 0.173. The highest BCUT2D eigenvalue weighted by molar-refractivity contribution is 6.02. The van der Waals surface area contributed by atoms with Crippen LogP contribution in [0.2, 0.25) is 0 Å². The van der Waals surface area contributed by atoms with Gasteiger partial charge in [-0.25, -0.2) is 0 Å². The maximum atomic E-state index is 6.62. The van der Waals surface area contributed by atoms with Gasteiger partial charge in [0.2, 0.25) is 0 Å². The number of aliphatic imine (C=N–C) groups is 1. The van der Waals surface area contributed by atoms with Crippen LogP contribution in [-0.2, 0) is 18.4 Å². The maximum absolute atomic E-state index is 6.62. The average Bonchev–Trinajstić information content (AvgIpc) is 3.91. The summed E-state index contributed by atoms with van der Waals surface area (Å²) in [4.78, 5) is 4.23. The highest BCUT2D eigenvalue weighted by atomic mass is 16.3. The van der Waals surface area contributed by atoms with Crippen LogP contribution in [0.25, 0.3) is 61.0 Å². The van der Waals surface area contributed by atoms with Crippen molar-refractivity contribution in [3.8, 4) is 33.6 Å². The van der Waals surface area contributed by atoms with Gasteiger partial charge in [-0.15, -0.1) is 0 Å². The summed E-state index contributed by atoms with van der Waals surface area (Å²) in [5, 5.41) is 3.63. The van der Waals surface area contributed by atoms with E-state index in [1.54, 1.807) is 0 Å². The molecule has 0 fully saturated rings. The summed E-state index contributed by atoms with van der Waals surface area (Å²) < 4.78 is 6.62. The van der Waals surface area contributed by atoms with Crippen molar-refractivity contribution in [2.75, 3.05) is 0 Å². The van der Waals surface area contributed by atoms with E-state index in [2.05, 4.69) is 200 Å². The normalized spacial score (nSPS) is 13.1. The van der Waals surface area contributed by atoms with Gasteiger partial charge in [0.05, 0.1) is 11.1 Å². The molecule has 9 aromatic rings. The van der Waals surface area contributed by atoms with Crippen LogP contribution < -0.4 is 5.73 Å². The van der Waals surface area contributed by atoms with E-state index in [0.717, 1.165) is 34.6 Å². The fourth-order valence-electron chi connectivity index (χ4n) is 9.14. The molecule has 0 amide bonds. The van der Waals surface area contributed by atoms with Gasteiger partial charge in [-0.2, -0.15) is 0 Å². The predicted octanol–water partition coefficient (Wildman–Crippen LogP) is 13.0. The Kier molecular flexibility index (Phi) is 8.58. The molecule has 0 unspecified atom stereocenters. The smallest absolute Gasteiger partial charge is 0.140 e. The van der Waals surface area contributed by atoms with Crippen molar-refractivity contribution in [1.82, 2.24) is 0 Å². The van der Waals surface area contributed by atoms with Crippen molar-refractivity contribution in [1.29, 1.82) is 0 Å². The number of nitrogens with two attached hydrogens (primary N) is 1. The molecular formula is C54H40N2O. The van der Waals surface area contributed by atoms with Crippen LogP contribution in [-0.4, -0.2) is 6.72 Å². The molecule has 8 aromatic carbocycles. The molecule has 2 N–H and O–H groups in total. The molecule has 0 bridgehead atoms. The lowest BCUT2D eigenvalue weighted by Crippen LogP contribution is -2.25. The van der Waals surface area contributed by atoms with Crippen LogP contribution in [0, 0.1) is 0 Å². The summed E-state index contributed by atoms with van der Waals surface area (Å²) in [5.74, 6) is 0.989. The first-order valence-electron chi connectivity index (χ1n) is 19.5. The minimum absolute atomic E-state index is 0.419. The number of nitrogens with zero attached hydrogens (tertiary/aromatic N) is 1. The Labute approximate surface area is 333 Å². The number of hydrogen-bond donors (Lipinski definition) is 1. The van der Waals surface area contributed by atoms with Gasteiger partial charge < -0.3 is 10.2 Å². The summed E-state index contributed by atoms with van der Waals surface area (Å²) >= 11 is 0. The van der Waals surface area contributed by atoms with Gasteiger partial charge in [0.25, 0.3) is 0 Å². The van der Waals surface area contributed by atoms with Gasteiger partial charge in [-0.1, -0.05) is 182 Å². The molecule has 0 radical (unpaired) electrons. The fourth-order valence-corrected chi connectivity index (χ4v) is 9.14. The summed E-state index contributed by atoms with van der Waals surface area (Å²) in [6.45, 7) is 4.29. The summed E-state index contributed by atoms with van der Waals surface area (Å²) in [6.07, 6.45) is 3.00. The lowest BCUT2D eigenvalue weighted by Gasteiger charge is -2.30. The Morgan fingerprint density at radius 3 is 1.93 bits per heavy atom. The van der Waals surface area contributed by atoms with Gasteiger partial charge in [-0.05, 0) is 86.1 Å². The first-order chi connectivity index (χ1) is 28.2. The zero-order valence-corrected chi connectivity index (χ0v) is 31.5. The Morgan fingerprint density at radius 2 is 1.19 bits per heavy atom. The van der Waals surface area contributed by atoms with Gasteiger partial charge in [0.1, 0.15) is 11.3 Å². The molecule has 2 aliphatic rings. The van der Waals surface area contributed by atoms with Crippen LogP contribution in [0.3, 0.4) is 0 Å². The average molecular weight is 733 g/mol. The number of furan rings is 1. The lowest BCUT2D eigenvalue weighted by molar-refractivity contribution is 0.628. The first-order valence-corrected chi connectivity index (χ1v) is 19.5. The Bertz CT molecular complexity index is 2940. The summed E-state index contributed by atoms with van der Waals surface area (Å²) in [6, 6.07) is 66.7. The molecule has 0 atom stereocenters. The van der Waals surface area contributed by atoms with E-state index in [-0.39, 0.29) is 0 Å². The van der Waals surface area contributed by atoms with E-state index >= 15 is 0 Å². The molecule has 2 aliphatic carbocycles. The fraction of sp³-hybridized carbons (Fsp3) is 0.0556. The highest BCUT2D eigenvalue weighted by Crippen LogP contribution is 2.65. The maximum Gasteiger partial charge on any atom is 0.140 e. The number of allylic oxidation sites excluding steroid dienone is 1. The van der Waals surface area contributed by atoms with E-state index in [1.165, 1.54) is 71.8 Å². The predicted molar refractivity (Wildman–Crippen MR) is 237 cm³/mol. The lowest BCUT2D eigenvalue weighted by atomic mass is 9.70. The number of fused-ring (bicyclic) bond motifs is 13. The molecule has 1 spiro atoms. The van der Waals surface area contributed by atoms with Crippen LogP contribution in [0.15, 0.2) is 204 Å². The zero-order chi connectivity index (χ0) is 38.3. The molecule has 272 valence electrons. The Balaban J connectivity index is 0.000000161. The summed E-state index contributed by atoms with van der Waals surface area (Å²) in [7, 11) is 0. The number of para-hydroxylation sites is 1. The molecular weight excluding hydrogens is 693 g/mol. The molecule has 1 heterocycles. The number of rotatable bonds is 6. The SMILES string of the molecule is C=N/C(=C\Cc1ccccc1)c1cccc2ccccc12.NCc1ccc(-c2ccc3c(c2)C2(c4ccccc4-c4ccccc42)c2c-3oc3ccccc23)cc1. The molecule has 1 aromatic heterocycles. The van der Waals surface area contributed by atoms with Crippen LogP contribution >= 0.6 is 0 Å². The van der Waals surface area contributed by atoms with Crippen molar-refractivity contribution in [2.45, 2.75) is 18.4 Å². The molecule has 3 heteroatoms. The Morgan fingerprint density at radius 1 is 0.561 bits per heavy atom. The zero-order valence-electron chi connectivity index (χ0n) is 31.5. The minimum Gasteiger partial charge on any atom is -0.456 e. The largest absolute Gasteiger partial charge is 0.456 e. The van der Waals surface area contributed by atoms with Crippen LogP contribution in [0.4, 0.5) is 0 Å². The molecule has 0 saturated carbocycles. The molecule has 57 heavy (non-hydrogen) atoms. The monoisotopic (exact) mass is 732 g/mol. The molecule has 0 aliphatic heterocycles. The third-order valence-corrected chi connectivity index (χ3v) is 11.7. The van der Waals surface area contributed by atoms with Gasteiger partial charge in [0, 0.05) is 28.6 Å². The van der Waals surface area contributed by atoms with Crippen LogP contribution in [0.5, 0.6) is 0 Å². The van der Waals surface area contributed by atoms with E-state index in [0.29, 0.717) is 6.54 Å².